The van der Waals surface area contributed by atoms with E-state index in [0.717, 1.165) is 18.7 Å². The maximum absolute atomic E-state index is 12.0. The Morgan fingerprint density at radius 2 is 2.28 bits per heavy atom. The van der Waals surface area contributed by atoms with E-state index in [1.165, 1.54) is 4.52 Å². The van der Waals surface area contributed by atoms with E-state index in [9.17, 15) is 4.79 Å². The standard InChI is InChI=1S/C13H16N4O/c1-8(2)4-5-11-15-12-6-9(3)10(7-14)13(18)17(12)16-11/h6,8H,4-5H2,1-3H3,(H,15,16). The topological polar surface area (TPSA) is 74.0 Å². The summed E-state index contributed by atoms with van der Waals surface area (Å²) in [7, 11) is 0. The lowest BCUT2D eigenvalue weighted by atomic mass is 10.1. The first-order chi connectivity index (χ1) is 8.52. The molecule has 0 atom stereocenters. The molecule has 1 N–H and O–H groups in total. The molecule has 2 heterocycles. The van der Waals surface area contributed by atoms with Crippen LogP contribution in [0.5, 0.6) is 0 Å². The van der Waals surface area contributed by atoms with Gasteiger partial charge in [0.2, 0.25) is 0 Å². The Balaban J connectivity index is 2.49. The molecule has 18 heavy (non-hydrogen) atoms. The van der Waals surface area contributed by atoms with Crippen LogP contribution in [0.4, 0.5) is 0 Å². The van der Waals surface area contributed by atoms with E-state index >= 15 is 0 Å². The second kappa shape index (κ2) is 4.65. The second-order valence-electron chi connectivity index (χ2n) is 4.92. The zero-order chi connectivity index (χ0) is 13.3. The highest BCUT2D eigenvalue weighted by Crippen LogP contribution is 2.09. The Bertz CT molecular complexity index is 673. The maximum Gasteiger partial charge on any atom is 0.289 e. The zero-order valence-electron chi connectivity index (χ0n) is 10.8. The van der Waals surface area contributed by atoms with Gasteiger partial charge in [0, 0.05) is 6.42 Å². The molecule has 0 aliphatic heterocycles. The number of H-pyrrole nitrogens is 1. The number of nitrogens with one attached hydrogen (secondary N) is 1. The number of aromatic nitrogens is 3. The summed E-state index contributed by atoms with van der Waals surface area (Å²) in [6.07, 6.45) is 1.82. The van der Waals surface area contributed by atoms with Crippen LogP contribution in [-0.4, -0.2) is 14.6 Å². The lowest BCUT2D eigenvalue weighted by Gasteiger charge is -2.00. The molecule has 0 saturated carbocycles. The average Bonchev–Trinajstić information content (AvgIpc) is 2.70. The number of pyridine rings is 1. The molecule has 0 fully saturated rings. The fourth-order valence-electron chi connectivity index (χ4n) is 1.87. The van der Waals surface area contributed by atoms with Crippen molar-refractivity contribution in [2.75, 3.05) is 0 Å². The Kier molecular flexibility index (Phi) is 3.19. The maximum atomic E-state index is 12.0. The quantitative estimate of drug-likeness (QED) is 0.894. The van der Waals surface area contributed by atoms with Crippen molar-refractivity contribution in [1.29, 1.82) is 5.26 Å². The lowest BCUT2D eigenvalue weighted by molar-refractivity contribution is 0.574. The van der Waals surface area contributed by atoms with Gasteiger partial charge in [0.1, 0.15) is 17.5 Å². The monoisotopic (exact) mass is 244 g/mol. The van der Waals surface area contributed by atoms with Crippen molar-refractivity contribution in [3.63, 3.8) is 0 Å². The number of aryl methyl sites for hydroxylation is 2. The van der Waals surface area contributed by atoms with Crippen LogP contribution in [0.2, 0.25) is 0 Å². The first kappa shape index (κ1) is 12.4. The summed E-state index contributed by atoms with van der Waals surface area (Å²) in [5, 5.41) is 11.9. The molecule has 2 aromatic rings. The van der Waals surface area contributed by atoms with Crippen molar-refractivity contribution in [2.45, 2.75) is 33.6 Å². The molecule has 0 spiro atoms. The van der Waals surface area contributed by atoms with Gasteiger partial charge in [-0.25, -0.2) is 4.98 Å². The summed E-state index contributed by atoms with van der Waals surface area (Å²) in [6.45, 7) is 6.04. The zero-order valence-corrected chi connectivity index (χ0v) is 10.8. The minimum absolute atomic E-state index is 0.173. The third kappa shape index (κ3) is 2.14. The molecule has 0 aromatic carbocycles. The van der Waals surface area contributed by atoms with Gasteiger partial charge in [-0.1, -0.05) is 13.8 Å². The number of nitrogens with zero attached hydrogens (tertiary/aromatic N) is 3. The van der Waals surface area contributed by atoms with Crippen molar-refractivity contribution >= 4 is 5.65 Å². The van der Waals surface area contributed by atoms with Crippen LogP contribution < -0.4 is 5.56 Å². The van der Waals surface area contributed by atoms with E-state index in [4.69, 9.17) is 5.26 Å². The largest absolute Gasteiger partial charge is 0.289 e. The van der Waals surface area contributed by atoms with Crippen molar-refractivity contribution < 1.29 is 0 Å². The van der Waals surface area contributed by atoms with Crippen LogP contribution in [-0.2, 0) is 6.42 Å². The summed E-state index contributed by atoms with van der Waals surface area (Å²) < 4.78 is 1.35. The van der Waals surface area contributed by atoms with Crippen LogP contribution in [0.3, 0.4) is 0 Å². The fourth-order valence-corrected chi connectivity index (χ4v) is 1.87. The second-order valence-corrected chi connectivity index (χ2v) is 4.92. The molecule has 0 aliphatic carbocycles. The van der Waals surface area contributed by atoms with E-state index in [1.54, 1.807) is 13.0 Å². The molecule has 5 heteroatoms. The number of hydrogen-bond acceptors (Lipinski definition) is 3. The van der Waals surface area contributed by atoms with Gasteiger partial charge in [-0.15, -0.1) is 0 Å². The van der Waals surface area contributed by atoms with Gasteiger partial charge >= 0.3 is 0 Å². The first-order valence-electron chi connectivity index (χ1n) is 6.04. The van der Waals surface area contributed by atoms with Gasteiger partial charge in [0.25, 0.3) is 5.56 Å². The minimum atomic E-state index is -0.323. The van der Waals surface area contributed by atoms with Crippen LogP contribution in [0.25, 0.3) is 5.65 Å². The van der Waals surface area contributed by atoms with Gasteiger partial charge in [-0.3, -0.25) is 9.89 Å². The number of fused-ring (bicyclic) bond motifs is 1. The molecular weight excluding hydrogens is 228 g/mol. The van der Waals surface area contributed by atoms with Gasteiger partial charge in [-0.2, -0.15) is 9.78 Å². The van der Waals surface area contributed by atoms with Crippen molar-refractivity contribution in [1.82, 2.24) is 14.6 Å². The molecule has 0 unspecified atom stereocenters. The predicted octanol–water partition coefficient (Wildman–Crippen LogP) is 1.79. The van der Waals surface area contributed by atoms with Gasteiger partial charge in [0.15, 0.2) is 5.65 Å². The van der Waals surface area contributed by atoms with Gasteiger partial charge in [-0.05, 0) is 30.9 Å². The summed E-state index contributed by atoms with van der Waals surface area (Å²) in [5.41, 5.74) is 1.10. The SMILES string of the molecule is Cc1cc2nc(CCC(C)C)[nH]n2c(=O)c1C#N. The molecule has 0 saturated heterocycles. The summed E-state index contributed by atoms with van der Waals surface area (Å²) in [5.74, 6) is 1.38. The molecular formula is C13H16N4O. The van der Waals surface area contributed by atoms with E-state index in [1.807, 2.05) is 6.07 Å². The number of rotatable bonds is 3. The Morgan fingerprint density at radius 1 is 1.56 bits per heavy atom. The summed E-state index contributed by atoms with van der Waals surface area (Å²) in [4.78, 5) is 16.4. The van der Waals surface area contributed by atoms with E-state index < -0.39 is 0 Å². The normalized spacial score (nSPS) is 11.1. The average molecular weight is 244 g/mol. The Labute approximate surface area is 105 Å². The molecule has 94 valence electrons. The van der Waals surface area contributed by atoms with Crippen LogP contribution in [0.1, 0.15) is 37.2 Å². The third-order valence-corrected chi connectivity index (χ3v) is 2.95. The molecule has 0 bridgehead atoms. The highest BCUT2D eigenvalue weighted by molar-refractivity contribution is 5.47. The van der Waals surface area contributed by atoms with E-state index in [0.29, 0.717) is 17.1 Å². The van der Waals surface area contributed by atoms with E-state index in [2.05, 4.69) is 23.9 Å². The Morgan fingerprint density at radius 3 is 2.89 bits per heavy atom. The molecule has 2 aromatic heterocycles. The van der Waals surface area contributed by atoms with Crippen molar-refractivity contribution in [2.24, 2.45) is 5.92 Å². The summed E-state index contributed by atoms with van der Waals surface area (Å²) >= 11 is 0. The molecule has 5 nitrogen and oxygen atoms in total. The number of aromatic amines is 1. The van der Waals surface area contributed by atoms with E-state index in [-0.39, 0.29) is 11.1 Å². The van der Waals surface area contributed by atoms with Crippen LogP contribution >= 0.6 is 0 Å². The summed E-state index contributed by atoms with van der Waals surface area (Å²) in [6, 6.07) is 3.69. The van der Waals surface area contributed by atoms with Crippen molar-refractivity contribution in [3.05, 3.63) is 33.4 Å². The molecule has 0 amide bonds. The molecule has 0 radical (unpaired) electrons. The lowest BCUT2D eigenvalue weighted by Crippen LogP contribution is -2.18. The predicted molar refractivity (Wildman–Crippen MR) is 68.4 cm³/mol. The smallest absolute Gasteiger partial charge is 0.276 e. The van der Waals surface area contributed by atoms with Crippen LogP contribution in [0, 0.1) is 24.2 Å². The van der Waals surface area contributed by atoms with Gasteiger partial charge < -0.3 is 0 Å². The third-order valence-electron chi connectivity index (χ3n) is 2.95. The minimum Gasteiger partial charge on any atom is -0.276 e. The molecule has 2 rings (SSSR count). The number of hydrogen-bond donors (Lipinski definition) is 1. The van der Waals surface area contributed by atoms with Crippen LogP contribution in [0.15, 0.2) is 10.9 Å². The molecule has 0 aliphatic rings. The Hall–Kier alpha value is -2.09. The highest BCUT2D eigenvalue weighted by Gasteiger charge is 2.11. The highest BCUT2D eigenvalue weighted by atomic mass is 16.1. The fraction of sp³-hybridized carbons (Fsp3) is 0.462. The van der Waals surface area contributed by atoms with Gasteiger partial charge in [0.05, 0.1) is 0 Å². The first-order valence-corrected chi connectivity index (χ1v) is 6.04. The number of nitriles is 1. The van der Waals surface area contributed by atoms with Crippen molar-refractivity contribution in [3.8, 4) is 6.07 Å².